The van der Waals surface area contributed by atoms with Gasteiger partial charge in [-0.3, -0.25) is 14.6 Å². The number of carbonyl (C=O) groups is 2. The van der Waals surface area contributed by atoms with Crippen LogP contribution in [0.4, 0.5) is 5.69 Å². The molecule has 0 saturated carbocycles. The van der Waals surface area contributed by atoms with Gasteiger partial charge in [-0.2, -0.15) is 0 Å². The molecule has 3 heterocycles. The van der Waals surface area contributed by atoms with Crippen molar-refractivity contribution in [3.05, 3.63) is 120 Å². The zero-order valence-electron chi connectivity index (χ0n) is 20.4. The number of rotatable bonds is 6. The number of anilines is 1. The number of fused-ring (bicyclic) bond motifs is 2. The summed E-state index contributed by atoms with van der Waals surface area (Å²) in [5.41, 5.74) is 7.56. The third-order valence-corrected chi connectivity index (χ3v) is 6.94. The van der Waals surface area contributed by atoms with E-state index >= 15 is 0 Å². The summed E-state index contributed by atoms with van der Waals surface area (Å²) in [6, 6.07) is 27.6. The molecule has 182 valence electrons. The molecular weight excluding hydrogens is 460 g/mol. The maximum atomic E-state index is 13.7. The molecule has 0 saturated heterocycles. The van der Waals surface area contributed by atoms with Crippen LogP contribution >= 0.6 is 0 Å². The highest BCUT2D eigenvalue weighted by molar-refractivity contribution is 6.02. The molecule has 1 aliphatic heterocycles. The van der Waals surface area contributed by atoms with Crippen LogP contribution in [0.5, 0.6) is 0 Å². The first-order valence-electron chi connectivity index (χ1n) is 12.4. The van der Waals surface area contributed by atoms with Crippen molar-refractivity contribution in [2.24, 2.45) is 0 Å². The van der Waals surface area contributed by atoms with Crippen LogP contribution < -0.4 is 5.32 Å². The van der Waals surface area contributed by atoms with Gasteiger partial charge in [0.25, 0.3) is 5.91 Å². The van der Waals surface area contributed by atoms with E-state index in [2.05, 4.69) is 58.6 Å². The SMILES string of the molecule is Cc1ccc(-c2[nH]c3ccccc3c2[C@H]2c3ccccc3C(=O)N2CCC(=O)Nc2cccnc2)cc1. The molecule has 1 aliphatic rings. The van der Waals surface area contributed by atoms with Crippen molar-refractivity contribution in [3.8, 4) is 11.3 Å². The van der Waals surface area contributed by atoms with Gasteiger partial charge in [0, 0.05) is 41.2 Å². The summed E-state index contributed by atoms with van der Waals surface area (Å²) in [6.45, 7) is 2.36. The molecule has 3 aromatic carbocycles. The lowest BCUT2D eigenvalue weighted by Crippen LogP contribution is -2.32. The number of hydrogen-bond donors (Lipinski definition) is 2. The van der Waals surface area contributed by atoms with E-state index in [1.165, 1.54) is 5.56 Å². The lowest BCUT2D eigenvalue weighted by atomic mass is 9.93. The number of hydrogen-bond acceptors (Lipinski definition) is 3. The molecule has 6 heteroatoms. The molecule has 0 radical (unpaired) electrons. The van der Waals surface area contributed by atoms with Crippen LogP contribution in [-0.4, -0.2) is 33.2 Å². The van der Waals surface area contributed by atoms with Crippen molar-refractivity contribution in [2.75, 3.05) is 11.9 Å². The third kappa shape index (κ3) is 4.16. The van der Waals surface area contributed by atoms with Gasteiger partial charge in [-0.1, -0.05) is 66.2 Å². The first-order chi connectivity index (χ1) is 18.1. The molecule has 1 atom stereocenters. The number of H-pyrrole nitrogens is 1. The molecular formula is C31H26N4O2. The zero-order valence-corrected chi connectivity index (χ0v) is 20.4. The predicted molar refractivity (Wildman–Crippen MR) is 145 cm³/mol. The summed E-state index contributed by atoms with van der Waals surface area (Å²) in [5, 5.41) is 3.95. The number of pyridine rings is 1. The van der Waals surface area contributed by atoms with E-state index in [1.54, 1.807) is 24.5 Å². The Bertz CT molecular complexity index is 1610. The van der Waals surface area contributed by atoms with E-state index in [-0.39, 0.29) is 30.8 Å². The number of amides is 2. The van der Waals surface area contributed by atoms with Crippen molar-refractivity contribution >= 4 is 28.4 Å². The van der Waals surface area contributed by atoms with Crippen LogP contribution in [0.1, 0.15) is 39.5 Å². The molecule has 2 aromatic heterocycles. The summed E-state index contributed by atoms with van der Waals surface area (Å²) in [4.78, 5) is 36.0. The van der Waals surface area contributed by atoms with Crippen molar-refractivity contribution in [1.82, 2.24) is 14.9 Å². The fraction of sp³-hybridized carbons (Fsp3) is 0.129. The molecule has 0 bridgehead atoms. The van der Waals surface area contributed by atoms with Gasteiger partial charge >= 0.3 is 0 Å². The monoisotopic (exact) mass is 486 g/mol. The Morgan fingerprint density at radius 2 is 1.76 bits per heavy atom. The van der Waals surface area contributed by atoms with E-state index in [4.69, 9.17) is 0 Å². The predicted octanol–water partition coefficient (Wildman–Crippen LogP) is 6.11. The second-order valence-electron chi connectivity index (χ2n) is 9.35. The highest BCUT2D eigenvalue weighted by Gasteiger charge is 2.40. The van der Waals surface area contributed by atoms with E-state index in [0.29, 0.717) is 11.3 Å². The quantitative estimate of drug-likeness (QED) is 0.304. The fourth-order valence-corrected chi connectivity index (χ4v) is 5.19. The number of aromatic nitrogens is 2. The van der Waals surface area contributed by atoms with E-state index < -0.39 is 0 Å². The topological polar surface area (TPSA) is 78.1 Å². The van der Waals surface area contributed by atoms with Gasteiger partial charge in [0.15, 0.2) is 0 Å². The zero-order chi connectivity index (χ0) is 25.4. The highest BCUT2D eigenvalue weighted by Crippen LogP contribution is 2.45. The smallest absolute Gasteiger partial charge is 0.255 e. The third-order valence-electron chi connectivity index (χ3n) is 6.94. The number of benzene rings is 3. The minimum atomic E-state index is -0.317. The van der Waals surface area contributed by atoms with Gasteiger partial charge in [-0.25, -0.2) is 0 Å². The minimum Gasteiger partial charge on any atom is -0.354 e. The van der Waals surface area contributed by atoms with Gasteiger partial charge < -0.3 is 15.2 Å². The molecule has 37 heavy (non-hydrogen) atoms. The Balaban J connectivity index is 1.42. The average Bonchev–Trinajstić information content (AvgIpc) is 3.43. The molecule has 5 aromatic rings. The molecule has 0 aliphatic carbocycles. The Hall–Kier alpha value is -4.71. The minimum absolute atomic E-state index is 0.0603. The summed E-state index contributed by atoms with van der Waals surface area (Å²) >= 11 is 0. The molecule has 6 nitrogen and oxygen atoms in total. The number of aryl methyl sites for hydroxylation is 1. The summed E-state index contributed by atoms with van der Waals surface area (Å²) < 4.78 is 0. The second kappa shape index (κ2) is 9.39. The standard InChI is InChI=1S/C31H26N4O2/c1-20-12-14-21(15-13-20)29-28(25-10-4-5-11-26(25)34-29)30-23-8-2-3-9-24(23)31(37)35(30)18-16-27(36)33-22-7-6-17-32-19-22/h2-15,17,19,30,34H,16,18H2,1H3,(H,33,36)/t30-/m1/s1. The number of aromatic amines is 1. The van der Waals surface area contributed by atoms with Crippen molar-refractivity contribution in [2.45, 2.75) is 19.4 Å². The van der Waals surface area contributed by atoms with Crippen molar-refractivity contribution in [1.29, 1.82) is 0 Å². The van der Waals surface area contributed by atoms with Crippen LogP contribution in [0.2, 0.25) is 0 Å². The first kappa shape index (κ1) is 22.7. The van der Waals surface area contributed by atoms with Crippen LogP contribution in [0, 0.1) is 6.92 Å². The Kier molecular flexibility index (Phi) is 5.77. The highest BCUT2D eigenvalue weighted by atomic mass is 16.2. The van der Waals surface area contributed by atoms with Gasteiger partial charge in [-0.15, -0.1) is 0 Å². The van der Waals surface area contributed by atoms with Crippen LogP contribution in [0.3, 0.4) is 0 Å². The molecule has 0 unspecified atom stereocenters. The van der Waals surface area contributed by atoms with Crippen LogP contribution in [0.15, 0.2) is 97.3 Å². The fourth-order valence-electron chi connectivity index (χ4n) is 5.19. The van der Waals surface area contributed by atoms with E-state index in [0.717, 1.165) is 33.3 Å². The Labute approximate surface area is 215 Å². The summed E-state index contributed by atoms with van der Waals surface area (Å²) in [6.07, 6.45) is 3.44. The van der Waals surface area contributed by atoms with E-state index in [9.17, 15) is 9.59 Å². The van der Waals surface area contributed by atoms with Gasteiger partial charge in [0.1, 0.15) is 0 Å². The van der Waals surface area contributed by atoms with Gasteiger partial charge in [0.2, 0.25) is 5.91 Å². The molecule has 2 N–H and O–H groups in total. The molecule has 2 amide bonds. The second-order valence-corrected chi connectivity index (χ2v) is 9.35. The Morgan fingerprint density at radius 1 is 0.973 bits per heavy atom. The van der Waals surface area contributed by atoms with Crippen molar-refractivity contribution < 1.29 is 9.59 Å². The summed E-state index contributed by atoms with van der Waals surface area (Å²) in [5.74, 6) is -0.219. The largest absolute Gasteiger partial charge is 0.354 e. The lowest BCUT2D eigenvalue weighted by molar-refractivity contribution is -0.116. The number of nitrogens with zero attached hydrogens (tertiary/aromatic N) is 2. The maximum absolute atomic E-state index is 13.7. The number of nitrogens with one attached hydrogen (secondary N) is 2. The van der Waals surface area contributed by atoms with Crippen LogP contribution in [0.25, 0.3) is 22.2 Å². The van der Waals surface area contributed by atoms with Gasteiger partial charge in [-0.05, 0) is 42.3 Å². The van der Waals surface area contributed by atoms with Gasteiger partial charge in [0.05, 0.1) is 23.6 Å². The Morgan fingerprint density at radius 3 is 2.57 bits per heavy atom. The lowest BCUT2D eigenvalue weighted by Gasteiger charge is -2.26. The first-order valence-corrected chi connectivity index (χ1v) is 12.4. The summed E-state index contributed by atoms with van der Waals surface area (Å²) in [7, 11) is 0. The van der Waals surface area contributed by atoms with Crippen LogP contribution in [-0.2, 0) is 4.79 Å². The normalized spacial score (nSPS) is 14.7. The molecule has 0 fully saturated rings. The maximum Gasteiger partial charge on any atom is 0.255 e. The number of carbonyl (C=O) groups excluding carboxylic acids is 2. The molecule has 0 spiro atoms. The van der Waals surface area contributed by atoms with E-state index in [1.807, 2.05) is 41.3 Å². The average molecular weight is 487 g/mol. The van der Waals surface area contributed by atoms with Crippen molar-refractivity contribution in [3.63, 3.8) is 0 Å². The number of para-hydroxylation sites is 1. The molecule has 6 rings (SSSR count).